The SMILES string of the molecule is CN1CCc2c(C#N)c(NCc3cccnc3)nc(NCC3CCCO3)c2C1. The fourth-order valence-electron chi connectivity index (χ4n) is 3.87. The fraction of sp³-hybridized carbons (Fsp3) is 0.476. The standard InChI is InChI=1S/C21H26N6O/c1-27-8-6-17-18(10-22)20(24-12-15-4-2-7-23-11-15)26-21(19(17)14-27)25-13-16-5-3-9-28-16/h2,4,7,11,16H,3,5-6,8-9,12-14H2,1H3,(H2,24,25,26). The number of hydrogen-bond donors (Lipinski definition) is 2. The molecule has 2 aliphatic heterocycles. The van der Waals surface area contributed by atoms with Crippen LogP contribution in [0.3, 0.4) is 0 Å². The second-order valence-corrected chi connectivity index (χ2v) is 7.47. The summed E-state index contributed by atoms with van der Waals surface area (Å²) in [6, 6.07) is 6.31. The summed E-state index contributed by atoms with van der Waals surface area (Å²) < 4.78 is 5.74. The van der Waals surface area contributed by atoms with Crippen LogP contribution in [0.4, 0.5) is 11.6 Å². The molecule has 0 aromatic carbocycles. The lowest BCUT2D eigenvalue weighted by atomic mass is 9.96. The number of nitrogens with one attached hydrogen (secondary N) is 2. The summed E-state index contributed by atoms with van der Waals surface area (Å²) in [5.74, 6) is 1.51. The van der Waals surface area contributed by atoms with E-state index in [1.54, 1.807) is 6.20 Å². The van der Waals surface area contributed by atoms with Crippen molar-refractivity contribution in [2.75, 3.05) is 37.4 Å². The molecule has 0 amide bonds. The molecule has 1 saturated heterocycles. The Labute approximate surface area is 165 Å². The van der Waals surface area contributed by atoms with Gasteiger partial charge in [-0.15, -0.1) is 0 Å². The van der Waals surface area contributed by atoms with Crippen LogP contribution in [0.15, 0.2) is 24.5 Å². The maximum absolute atomic E-state index is 9.83. The smallest absolute Gasteiger partial charge is 0.146 e. The van der Waals surface area contributed by atoms with Crippen molar-refractivity contribution in [3.8, 4) is 6.07 Å². The average molecular weight is 378 g/mol. The largest absolute Gasteiger partial charge is 0.376 e. The maximum Gasteiger partial charge on any atom is 0.146 e. The van der Waals surface area contributed by atoms with Gasteiger partial charge < -0.3 is 20.3 Å². The summed E-state index contributed by atoms with van der Waals surface area (Å²) in [6.07, 6.45) is 6.87. The molecule has 4 rings (SSSR count). The van der Waals surface area contributed by atoms with Crippen LogP contribution in [-0.2, 0) is 24.2 Å². The van der Waals surface area contributed by atoms with E-state index in [1.165, 1.54) is 0 Å². The minimum absolute atomic E-state index is 0.237. The number of pyridine rings is 2. The summed E-state index contributed by atoms with van der Waals surface area (Å²) >= 11 is 0. The van der Waals surface area contributed by atoms with Gasteiger partial charge in [0.2, 0.25) is 0 Å². The Bertz CT molecular complexity index is 857. The van der Waals surface area contributed by atoms with Crippen LogP contribution in [0.2, 0.25) is 0 Å². The van der Waals surface area contributed by atoms with E-state index in [0.29, 0.717) is 17.9 Å². The average Bonchev–Trinajstić information content (AvgIpc) is 3.25. The molecular formula is C21H26N6O. The van der Waals surface area contributed by atoms with E-state index in [0.717, 1.165) is 68.0 Å². The molecule has 146 valence electrons. The van der Waals surface area contributed by atoms with Crippen LogP contribution < -0.4 is 10.6 Å². The molecule has 4 heterocycles. The molecule has 2 aromatic heterocycles. The van der Waals surface area contributed by atoms with Crippen LogP contribution in [-0.4, -0.2) is 47.7 Å². The number of aromatic nitrogens is 2. The molecule has 7 nitrogen and oxygen atoms in total. The van der Waals surface area contributed by atoms with E-state index in [2.05, 4.69) is 33.6 Å². The molecule has 1 unspecified atom stereocenters. The lowest BCUT2D eigenvalue weighted by Crippen LogP contribution is -2.30. The van der Waals surface area contributed by atoms with Gasteiger partial charge in [0.25, 0.3) is 0 Å². The van der Waals surface area contributed by atoms with Gasteiger partial charge in [0.1, 0.15) is 17.7 Å². The van der Waals surface area contributed by atoms with Crippen LogP contribution >= 0.6 is 0 Å². The Hall–Kier alpha value is -2.69. The third-order valence-electron chi connectivity index (χ3n) is 5.40. The number of hydrogen-bond acceptors (Lipinski definition) is 7. The third kappa shape index (κ3) is 4.08. The number of fused-ring (bicyclic) bond motifs is 1. The van der Waals surface area contributed by atoms with Crippen molar-refractivity contribution in [1.29, 1.82) is 5.26 Å². The number of likely N-dealkylation sites (N-methyl/N-ethyl adjacent to an activating group) is 1. The van der Waals surface area contributed by atoms with E-state index < -0.39 is 0 Å². The number of nitriles is 1. The van der Waals surface area contributed by atoms with Crippen molar-refractivity contribution in [1.82, 2.24) is 14.9 Å². The van der Waals surface area contributed by atoms with Gasteiger partial charge in [-0.3, -0.25) is 4.98 Å². The zero-order valence-corrected chi connectivity index (χ0v) is 16.2. The third-order valence-corrected chi connectivity index (χ3v) is 5.40. The zero-order chi connectivity index (χ0) is 19.3. The number of ether oxygens (including phenoxy) is 1. The molecule has 1 fully saturated rings. The first-order valence-electron chi connectivity index (χ1n) is 9.87. The zero-order valence-electron chi connectivity index (χ0n) is 16.2. The Kier molecular flexibility index (Phi) is 5.70. The lowest BCUT2D eigenvalue weighted by molar-refractivity contribution is 0.120. The van der Waals surface area contributed by atoms with Gasteiger partial charge in [-0.25, -0.2) is 4.98 Å². The van der Waals surface area contributed by atoms with E-state index in [1.807, 2.05) is 18.3 Å². The number of rotatable bonds is 6. The first-order valence-corrected chi connectivity index (χ1v) is 9.87. The monoisotopic (exact) mass is 378 g/mol. The first-order chi connectivity index (χ1) is 13.7. The predicted octanol–water partition coefficient (Wildman–Crippen LogP) is 2.54. The minimum atomic E-state index is 0.237. The molecular weight excluding hydrogens is 352 g/mol. The highest BCUT2D eigenvalue weighted by Gasteiger charge is 2.25. The van der Waals surface area contributed by atoms with Crippen molar-refractivity contribution in [2.24, 2.45) is 0 Å². The van der Waals surface area contributed by atoms with Crippen molar-refractivity contribution in [3.05, 3.63) is 46.8 Å². The molecule has 0 saturated carbocycles. The summed E-state index contributed by atoms with van der Waals surface area (Å²) in [5.41, 5.74) is 3.96. The molecule has 28 heavy (non-hydrogen) atoms. The Morgan fingerprint density at radius 1 is 1.32 bits per heavy atom. The second kappa shape index (κ2) is 8.55. The Balaban J connectivity index is 1.62. The van der Waals surface area contributed by atoms with Gasteiger partial charge in [0.05, 0.1) is 11.7 Å². The summed E-state index contributed by atoms with van der Waals surface area (Å²) in [6.45, 7) is 3.91. The van der Waals surface area contributed by atoms with Gasteiger partial charge in [-0.05, 0) is 43.5 Å². The normalized spacial score (nSPS) is 19.1. The molecule has 0 radical (unpaired) electrons. The van der Waals surface area contributed by atoms with Crippen LogP contribution in [0, 0.1) is 11.3 Å². The van der Waals surface area contributed by atoms with E-state index in [4.69, 9.17) is 9.72 Å². The minimum Gasteiger partial charge on any atom is -0.376 e. The summed E-state index contributed by atoms with van der Waals surface area (Å²) in [4.78, 5) is 11.2. The number of anilines is 2. The summed E-state index contributed by atoms with van der Waals surface area (Å²) in [7, 11) is 2.10. The molecule has 0 spiro atoms. The quantitative estimate of drug-likeness (QED) is 0.799. The van der Waals surface area contributed by atoms with Crippen LogP contribution in [0.25, 0.3) is 0 Å². The highest BCUT2D eigenvalue weighted by Crippen LogP contribution is 2.32. The van der Waals surface area contributed by atoms with Gasteiger partial charge in [-0.1, -0.05) is 6.07 Å². The summed E-state index contributed by atoms with van der Waals surface area (Å²) in [5, 5.41) is 16.7. The molecule has 1 atom stereocenters. The highest BCUT2D eigenvalue weighted by atomic mass is 16.5. The molecule has 2 aromatic rings. The van der Waals surface area contributed by atoms with Gasteiger partial charge >= 0.3 is 0 Å². The molecule has 0 aliphatic carbocycles. The van der Waals surface area contributed by atoms with E-state index >= 15 is 0 Å². The van der Waals surface area contributed by atoms with E-state index in [9.17, 15) is 5.26 Å². The Morgan fingerprint density at radius 3 is 3.00 bits per heavy atom. The van der Waals surface area contributed by atoms with Gasteiger partial charge in [0.15, 0.2) is 0 Å². The highest BCUT2D eigenvalue weighted by molar-refractivity contribution is 5.66. The van der Waals surface area contributed by atoms with Crippen molar-refractivity contribution < 1.29 is 4.74 Å². The molecule has 2 N–H and O–H groups in total. The second-order valence-electron chi connectivity index (χ2n) is 7.47. The lowest BCUT2D eigenvalue weighted by Gasteiger charge is -2.29. The van der Waals surface area contributed by atoms with Crippen molar-refractivity contribution >= 4 is 11.6 Å². The topological polar surface area (TPSA) is 86.1 Å². The predicted molar refractivity (Wildman–Crippen MR) is 108 cm³/mol. The molecule has 0 bridgehead atoms. The van der Waals surface area contributed by atoms with E-state index in [-0.39, 0.29) is 6.10 Å². The van der Waals surface area contributed by atoms with Crippen molar-refractivity contribution in [3.63, 3.8) is 0 Å². The van der Waals surface area contributed by atoms with Crippen LogP contribution in [0.1, 0.15) is 35.1 Å². The molecule has 7 heteroatoms. The molecule has 2 aliphatic rings. The van der Waals surface area contributed by atoms with Crippen LogP contribution in [0.5, 0.6) is 0 Å². The maximum atomic E-state index is 9.83. The first kappa shape index (κ1) is 18.7. The van der Waals surface area contributed by atoms with Gasteiger partial charge in [-0.2, -0.15) is 5.26 Å². The number of nitrogens with zero attached hydrogens (tertiary/aromatic N) is 4. The fourth-order valence-corrected chi connectivity index (χ4v) is 3.87. The van der Waals surface area contributed by atoms with Gasteiger partial charge in [0, 0.05) is 50.7 Å². The Morgan fingerprint density at radius 2 is 2.25 bits per heavy atom. The van der Waals surface area contributed by atoms with Crippen molar-refractivity contribution in [2.45, 2.75) is 38.5 Å².